The standard InChI is InChI=1S/C9H17BO/c1-4-9(7(2)3)5-8(10)11-6-9/h7-8H,4-6H2,1-3H3. The van der Waals surface area contributed by atoms with E-state index in [9.17, 15) is 0 Å². The summed E-state index contributed by atoms with van der Waals surface area (Å²) in [5.41, 5.74) is 0.361. The smallest absolute Gasteiger partial charge is 0.109 e. The molecule has 0 amide bonds. The van der Waals surface area contributed by atoms with E-state index in [0.29, 0.717) is 11.3 Å². The Labute approximate surface area is 70.9 Å². The molecule has 2 unspecified atom stereocenters. The number of ether oxygens (including phenoxy) is 1. The van der Waals surface area contributed by atoms with Crippen LogP contribution in [-0.4, -0.2) is 20.5 Å². The fourth-order valence-electron chi connectivity index (χ4n) is 1.85. The maximum Gasteiger partial charge on any atom is 0.109 e. The summed E-state index contributed by atoms with van der Waals surface area (Å²) < 4.78 is 5.40. The monoisotopic (exact) mass is 152 g/mol. The van der Waals surface area contributed by atoms with E-state index in [2.05, 4.69) is 20.8 Å². The van der Waals surface area contributed by atoms with E-state index >= 15 is 0 Å². The Morgan fingerprint density at radius 3 is 2.45 bits per heavy atom. The van der Waals surface area contributed by atoms with Crippen LogP contribution in [0.5, 0.6) is 0 Å². The van der Waals surface area contributed by atoms with Gasteiger partial charge < -0.3 is 4.74 Å². The highest BCUT2D eigenvalue weighted by Gasteiger charge is 2.38. The molecule has 0 aromatic heterocycles. The lowest BCUT2D eigenvalue weighted by Crippen LogP contribution is -2.27. The minimum atomic E-state index is -0.0163. The molecule has 2 atom stereocenters. The first-order valence-corrected chi connectivity index (χ1v) is 4.48. The van der Waals surface area contributed by atoms with Crippen LogP contribution in [0.2, 0.25) is 0 Å². The number of hydrogen-bond acceptors (Lipinski definition) is 1. The van der Waals surface area contributed by atoms with E-state index < -0.39 is 0 Å². The van der Waals surface area contributed by atoms with Gasteiger partial charge in [0, 0.05) is 6.00 Å². The van der Waals surface area contributed by atoms with Gasteiger partial charge in [0.05, 0.1) is 6.61 Å². The van der Waals surface area contributed by atoms with Gasteiger partial charge in [-0.1, -0.05) is 20.8 Å². The molecular formula is C9H17BO. The summed E-state index contributed by atoms with van der Waals surface area (Å²) in [5, 5.41) is 0. The summed E-state index contributed by atoms with van der Waals surface area (Å²) in [7, 11) is 5.70. The minimum Gasteiger partial charge on any atom is -0.387 e. The van der Waals surface area contributed by atoms with Gasteiger partial charge in [0.1, 0.15) is 7.85 Å². The van der Waals surface area contributed by atoms with Gasteiger partial charge >= 0.3 is 0 Å². The summed E-state index contributed by atoms with van der Waals surface area (Å²) in [5.74, 6) is 0.682. The van der Waals surface area contributed by atoms with Crippen LogP contribution in [0.3, 0.4) is 0 Å². The average Bonchev–Trinajstić information content (AvgIpc) is 2.33. The topological polar surface area (TPSA) is 9.23 Å². The van der Waals surface area contributed by atoms with Crippen molar-refractivity contribution in [1.82, 2.24) is 0 Å². The Bertz CT molecular complexity index is 136. The van der Waals surface area contributed by atoms with Crippen molar-refractivity contribution >= 4 is 7.85 Å². The molecule has 0 saturated carbocycles. The van der Waals surface area contributed by atoms with Crippen LogP contribution in [0.1, 0.15) is 33.6 Å². The first kappa shape index (κ1) is 9.12. The van der Waals surface area contributed by atoms with Crippen molar-refractivity contribution in [1.29, 1.82) is 0 Å². The van der Waals surface area contributed by atoms with Gasteiger partial charge in [-0.2, -0.15) is 0 Å². The van der Waals surface area contributed by atoms with Crippen molar-refractivity contribution in [3.8, 4) is 0 Å². The fraction of sp³-hybridized carbons (Fsp3) is 1.00. The molecule has 1 rings (SSSR count). The van der Waals surface area contributed by atoms with Gasteiger partial charge in [-0.25, -0.2) is 0 Å². The Kier molecular flexibility index (Phi) is 2.63. The third-order valence-electron chi connectivity index (χ3n) is 3.12. The van der Waals surface area contributed by atoms with Crippen LogP contribution < -0.4 is 0 Å². The first-order chi connectivity index (χ1) is 5.10. The van der Waals surface area contributed by atoms with Crippen LogP contribution >= 0.6 is 0 Å². The third kappa shape index (κ3) is 1.61. The van der Waals surface area contributed by atoms with E-state index in [1.54, 1.807) is 0 Å². The quantitative estimate of drug-likeness (QED) is 0.549. The lowest BCUT2D eigenvalue weighted by atomic mass is 9.71. The Balaban J connectivity index is 2.62. The molecule has 0 N–H and O–H groups in total. The van der Waals surface area contributed by atoms with Gasteiger partial charge in [0.15, 0.2) is 0 Å². The maximum absolute atomic E-state index is 5.70. The largest absolute Gasteiger partial charge is 0.387 e. The van der Waals surface area contributed by atoms with Gasteiger partial charge in [0.25, 0.3) is 0 Å². The zero-order chi connectivity index (χ0) is 8.48. The SMILES string of the molecule is [B]C1CC(CC)(C(C)C)CO1. The predicted octanol–water partition coefficient (Wildman–Crippen LogP) is 1.95. The second-order valence-electron chi connectivity index (χ2n) is 3.92. The second-order valence-corrected chi connectivity index (χ2v) is 3.92. The van der Waals surface area contributed by atoms with Crippen molar-refractivity contribution in [2.45, 2.75) is 39.6 Å². The molecule has 11 heavy (non-hydrogen) atoms. The Hall–Kier alpha value is 0.0249. The Morgan fingerprint density at radius 2 is 2.27 bits per heavy atom. The van der Waals surface area contributed by atoms with Crippen LogP contribution in [0.15, 0.2) is 0 Å². The minimum absolute atomic E-state index is 0.0163. The highest BCUT2D eigenvalue weighted by molar-refractivity contribution is 6.11. The molecule has 1 saturated heterocycles. The predicted molar refractivity (Wildman–Crippen MR) is 47.7 cm³/mol. The number of rotatable bonds is 2. The molecular weight excluding hydrogens is 135 g/mol. The van der Waals surface area contributed by atoms with Crippen LogP contribution in [-0.2, 0) is 4.74 Å². The molecule has 0 aromatic rings. The molecule has 62 valence electrons. The average molecular weight is 152 g/mol. The van der Waals surface area contributed by atoms with Crippen LogP contribution in [0, 0.1) is 11.3 Å². The number of hydrogen-bond donors (Lipinski definition) is 0. The maximum atomic E-state index is 5.70. The summed E-state index contributed by atoms with van der Waals surface area (Å²) >= 11 is 0. The summed E-state index contributed by atoms with van der Waals surface area (Å²) in [6.45, 7) is 7.58. The van der Waals surface area contributed by atoms with Gasteiger partial charge in [-0.15, -0.1) is 0 Å². The molecule has 1 heterocycles. The van der Waals surface area contributed by atoms with E-state index in [0.717, 1.165) is 13.0 Å². The lowest BCUT2D eigenvalue weighted by molar-refractivity contribution is 0.107. The van der Waals surface area contributed by atoms with Crippen molar-refractivity contribution < 1.29 is 4.74 Å². The van der Waals surface area contributed by atoms with Gasteiger partial charge in [-0.05, 0) is 24.2 Å². The molecule has 0 aliphatic carbocycles. The Morgan fingerprint density at radius 1 is 1.64 bits per heavy atom. The molecule has 1 fully saturated rings. The molecule has 0 aromatic carbocycles. The van der Waals surface area contributed by atoms with E-state index in [-0.39, 0.29) is 6.00 Å². The third-order valence-corrected chi connectivity index (χ3v) is 3.12. The zero-order valence-electron chi connectivity index (χ0n) is 7.76. The summed E-state index contributed by atoms with van der Waals surface area (Å²) in [4.78, 5) is 0. The van der Waals surface area contributed by atoms with E-state index in [1.807, 2.05) is 0 Å². The van der Waals surface area contributed by atoms with E-state index in [4.69, 9.17) is 12.6 Å². The van der Waals surface area contributed by atoms with Crippen LogP contribution in [0.25, 0.3) is 0 Å². The van der Waals surface area contributed by atoms with Crippen molar-refractivity contribution in [2.75, 3.05) is 6.61 Å². The van der Waals surface area contributed by atoms with E-state index in [1.165, 1.54) is 6.42 Å². The molecule has 2 heteroatoms. The van der Waals surface area contributed by atoms with Crippen molar-refractivity contribution in [3.05, 3.63) is 0 Å². The molecule has 0 spiro atoms. The summed E-state index contributed by atoms with van der Waals surface area (Å²) in [6.07, 6.45) is 2.21. The highest BCUT2D eigenvalue weighted by Crippen LogP contribution is 2.41. The molecule has 0 bridgehead atoms. The van der Waals surface area contributed by atoms with Gasteiger partial charge in [0.2, 0.25) is 0 Å². The normalized spacial score (nSPS) is 38.4. The zero-order valence-corrected chi connectivity index (χ0v) is 7.76. The van der Waals surface area contributed by atoms with Gasteiger partial charge in [-0.3, -0.25) is 0 Å². The fourth-order valence-corrected chi connectivity index (χ4v) is 1.85. The molecule has 1 aliphatic heterocycles. The first-order valence-electron chi connectivity index (χ1n) is 4.48. The van der Waals surface area contributed by atoms with Crippen LogP contribution in [0.4, 0.5) is 0 Å². The molecule has 1 nitrogen and oxygen atoms in total. The summed E-state index contributed by atoms with van der Waals surface area (Å²) in [6, 6.07) is -0.0163. The lowest BCUT2D eigenvalue weighted by Gasteiger charge is -2.30. The molecule has 1 aliphatic rings. The van der Waals surface area contributed by atoms with Crippen molar-refractivity contribution in [2.24, 2.45) is 11.3 Å². The van der Waals surface area contributed by atoms with Crippen molar-refractivity contribution in [3.63, 3.8) is 0 Å². The molecule has 2 radical (unpaired) electrons. The second kappa shape index (κ2) is 3.18. The highest BCUT2D eigenvalue weighted by atomic mass is 16.5.